The number of ether oxygens (including phenoxy) is 2. The molecule has 6 heteroatoms. The van der Waals surface area contributed by atoms with Gasteiger partial charge >= 0.3 is 7.12 Å². The van der Waals surface area contributed by atoms with Crippen LogP contribution in [0.3, 0.4) is 0 Å². The van der Waals surface area contributed by atoms with Crippen LogP contribution in [0.5, 0.6) is 0 Å². The lowest BCUT2D eigenvalue weighted by Crippen LogP contribution is -2.34. The molecule has 1 aromatic carbocycles. The molecule has 4 nitrogen and oxygen atoms in total. The van der Waals surface area contributed by atoms with Crippen LogP contribution in [0.25, 0.3) is 0 Å². The smallest absolute Gasteiger partial charge is 0.423 e. The fraction of sp³-hybridized carbons (Fsp3) is 0.625. The molecule has 0 amide bonds. The van der Waals surface area contributed by atoms with Crippen molar-refractivity contribution in [3.8, 4) is 0 Å². The van der Waals surface area contributed by atoms with E-state index in [2.05, 4.69) is 36.4 Å². The first-order valence-corrected chi connectivity index (χ1v) is 9.00. The molecule has 0 aliphatic rings. The summed E-state index contributed by atoms with van der Waals surface area (Å²) in [5, 5.41) is 19.2. The Bertz CT molecular complexity index is 440. The van der Waals surface area contributed by atoms with E-state index >= 15 is 0 Å². The molecule has 0 unspecified atom stereocenters. The summed E-state index contributed by atoms with van der Waals surface area (Å²) >= 11 is 2.26. The van der Waals surface area contributed by atoms with Gasteiger partial charge in [0.2, 0.25) is 0 Å². The average molecular weight is 420 g/mol. The lowest BCUT2D eigenvalue weighted by molar-refractivity contribution is 0.116. The zero-order valence-corrected chi connectivity index (χ0v) is 15.6. The Morgan fingerprint density at radius 1 is 0.955 bits per heavy atom. The third kappa shape index (κ3) is 6.96. The summed E-state index contributed by atoms with van der Waals surface area (Å²) in [5.74, 6) is 0. The van der Waals surface area contributed by atoms with Crippen molar-refractivity contribution in [3.63, 3.8) is 0 Å². The minimum atomic E-state index is -1.49. The number of hydrogen-bond donors (Lipinski definition) is 2. The summed E-state index contributed by atoms with van der Waals surface area (Å²) < 4.78 is 12.3. The molecule has 22 heavy (non-hydrogen) atoms. The topological polar surface area (TPSA) is 58.9 Å². The Labute approximate surface area is 147 Å². The highest BCUT2D eigenvalue weighted by Gasteiger charge is 2.18. The summed E-state index contributed by atoms with van der Waals surface area (Å²) in [5.41, 5.74) is 2.32. The van der Waals surface area contributed by atoms with E-state index in [-0.39, 0.29) is 0 Å². The van der Waals surface area contributed by atoms with Crippen LogP contribution in [0.4, 0.5) is 0 Å². The summed E-state index contributed by atoms with van der Waals surface area (Å²) in [6, 6.07) is 3.77. The van der Waals surface area contributed by atoms with Gasteiger partial charge < -0.3 is 19.5 Å². The molecule has 0 aliphatic heterocycles. The molecule has 0 atom stereocenters. The Morgan fingerprint density at radius 3 is 2.00 bits per heavy atom. The van der Waals surface area contributed by atoms with Crippen molar-refractivity contribution in [1.29, 1.82) is 0 Å². The highest BCUT2D eigenvalue weighted by atomic mass is 127. The van der Waals surface area contributed by atoms with Crippen LogP contribution in [0.1, 0.15) is 50.7 Å². The van der Waals surface area contributed by atoms with Crippen LogP contribution in [0.2, 0.25) is 0 Å². The van der Waals surface area contributed by atoms with Crippen LogP contribution in [-0.4, -0.2) is 30.4 Å². The maximum Gasteiger partial charge on any atom is 0.488 e. The molecule has 0 heterocycles. The van der Waals surface area contributed by atoms with Gasteiger partial charge in [0.15, 0.2) is 0 Å². The zero-order chi connectivity index (χ0) is 16.4. The second kappa shape index (κ2) is 11.4. The first-order valence-electron chi connectivity index (χ1n) is 7.92. The number of rotatable bonds is 11. The highest BCUT2D eigenvalue weighted by molar-refractivity contribution is 14.1. The van der Waals surface area contributed by atoms with E-state index in [9.17, 15) is 10.0 Å². The summed E-state index contributed by atoms with van der Waals surface area (Å²) in [7, 11) is -1.49. The molecule has 0 saturated carbocycles. The predicted octanol–water partition coefficient (Wildman–Crippen LogP) is 2.60. The summed E-state index contributed by atoms with van der Waals surface area (Å²) in [4.78, 5) is 0. The number of halogens is 1. The van der Waals surface area contributed by atoms with E-state index in [4.69, 9.17) is 9.47 Å². The minimum Gasteiger partial charge on any atom is -0.423 e. The van der Waals surface area contributed by atoms with Gasteiger partial charge in [-0.15, -0.1) is 0 Å². The van der Waals surface area contributed by atoms with E-state index in [0.717, 1.165) is 47.0 Å². The van der Waals surface area contributed by atoms with Crippen molar-refractivity contribution in [3.05, 3.63) is 26.8 Å². The maximum atomic E-state index is 9.59. The molecule has 0 saturated heterocycles. The van der Waals surface area contributed by atoms with Gasteiger partial charge in [0.1, 0.15) is 0 Å². The lowest BCUT2D eigenvalue weighted by Gasteiger charge is -2.14. The number of benzene rings is 1. The van der Waals surface area contributed by atoms with Gasteiger partial charge in [0.25, 0.3) is 0 Å². The second-order valence-electron chi connectivity index (χ2n) is 5.33. The first-order chi connectivity index (χ1) is 10.6. The van der Waals surface area contributed by atoms with Gasteiger partial charge in [-0.1, -0.05) is 32.8 Å². The largest absolute Gasteiger partial charge is 0.488 e. The SMILES string of the molecule is CCCCOCc1cc(B(O)O)c(COCCCC)cc1I. The van der Waals surface area contributed by atoms with Crippen LogP contribution >= 0.6 is 22.6 Å². The summed E-state index contributed by atoms with van der Waals surface area (Å²) in [6.45, 7) is 6.56. The predicted molar refractivity (Wildman–Crippen MR) is 98.1 cm³/mol. The van der Waals surface area contributed by atoms with Crippen LogP contribution in [0, 0.1) is 3.57 Å². The Morgan fingerprint density at radius 2 is 1.50 bits per heavy atom. The molecule has 1 rings (SSSR count). The fourth-order valence-electron chi connectivity index (χ4n) is 2.01. The van der Waals surface area contributed by atoms with E-state index in [1.54, 1.807) is 0 Å². The molecule has 0 spiro atoms. The molecule has 0 aromatic heterocycles. The van der Waals surface area contributed by atoms with Crippen molar-refractivity contribution in [2.24, 2.45) is 0 Å². The molecule has 0 radical (unpaired) electrons. The van der Waals surface area contributed by atoms with E-state index in [1.807, 2.05) is 12.1 Å². The van der Waals surface area contributed by atoms with Gasteiger partial charge in [0.05, 0.1) is 13.2 Å². The third-order valence-electron chi connectivity index (χ3n) is 3.39. The zero-order valence-electron chi connectivity index (χ0n) is 13.5. The normalized spacial score (nSPS) is 11.0. The monoisotopic (exact) mass is 420 g/mol. The Balaban J connectivity index is 2.74. The van der Waals surface area contributed by atoms with Crippen molar-refractivity contribution < 1.29 is 19.5 Å². The van der Waals surface area contributed by atoms with Gasteiger partial charge in [-0.05, 0) is 58.1 Å². The van der Waals surface area contributed by atoms with Crippen LogP contribution in [-0.2, 0) is 22.7 Å². The molecule has 2 N–H and O–H groups in total. The maximum absolute atomic E-state index is 9.59. The van der Waals surface area contributed by atoms with Gasteiger partial charge in [-0.25, -0.2) is 0 Å². The van der Waals surface area contributed by atoms with Crippen molar-refractivity contribution in [2.75, 3.05) is 13.2 Å². The standard InChI is InChI=1S/C16H26BIO4/c1-3-5-7-21-11-13-10-16(18)14(9-15(13)17(19)20)12-22-8-6-4-2/h9-10,19-20H,3-8,11-12H2,1-2H3. The van der Waals surface area contributed by atoms with E-state index < -0.39 is 7.12 Å². The molecular weight excluding hydrogens is 394 g/mol. The summed E-state index contributed by atoms with van der Waals surface area (Å²) in [6.07, 6.45) is 4.24. The molecule has 124 valence electrons. The van der Waals surface area contributed by atoms with Crippen molar-refractivity contribution in [1.82, 2.24) is 0 Å². The van der Waals surface area contributed by atoms with Crippen molar-refractivity contribution in [2.45, 2.75) is 52.7 Å². The Kier molecular flexibility index (Phi) is 10.3. The van der Waals surface area contributed by atoms with Gasteiger partial charge in [-0.2, -0.15) is 0 Å². The molecule has 0 bridgehead atoms. The lowest BCUT2D eigenvalue weighted by atomic mass is 9.76. The molecular formula is C16H26BIO4. The molecule has 1 aromatic rings. The van der Waals surface area contributed by atoms with Crippen LogP contribution < -0.4 is 5.46 Å². The van der Waals surface area contributed by atoms with Gasteiger partial charge in [0, 0.05) is 16.8 Å². The second-order valence-corrected chi connectivity index (χ2v) is 6.49. The first kappa shape index (κ1) is 19.9. The molecule has 0 fully saturated rings. The average Bonchev–Trinajstić information content (AvgIpc) is 2.49. The molecule has 0 aliphatic carbocycles. The quantitative estimate of drug-likeness (QED) is 0.329. The Hall–Kier alpha value is -0.145. The fourth-order valence-corrected chi connectivity index (χ4v) is 2.70. The van der Waals surface area contributed by atoms with E-state index in [1.165, 1.54) is 0 Å². The van der Waals surface area contributed by atoms with Crippen LogP contribution in [0.15, 0.2) is 12.1 Å². The number of unbranched alkanes of at least 4 members (excludes halogenated alkanes) is 2. The van der Waals surface area contributed by atoms with Gasteiger partial charge in [-0.3, -0.25) is 0 Å². The third-order valence-corrected chi connectivity index (χ3v) is 4.39. The number of hydrogen-bond acceptors (Lipinski definition) is 4. The van der Waals surface area contributed by atoms with Crippen molar-refractivity contribution >= 4 is 35.2 Å². The van der Waals surface area contributed by atoms with E-state index in [0.29, 0.717) is 25.3 Å². The minimum absolute atomic E-state index is 0.403. The highest BCUT2D eigenvalue weighted by Crippen LogP contribution is 2.16.